The average molecular weight is 498 g/mol. The van der Waals surface area contributed by atoms with Gasteiger partial charge in [-0.15, -0.1) is 0 Å². The molecule has 2 N–H and O–H groups in total. The van der Waals surface area contributed by atoms with Crippen LogP contribution in [0.1, 0.15) is 56.6 Å². The largest absolute Gasteiger partial charge is 0.366 e. The highest BCUT2D eigenvalue weighted by Crippen LogP contribution is 2.45. The summed E-state index contributed by atoms with van der Waals surface area (Å²) < 4.78 is 0. The number of aromatic nitrogens is 1. The van der Waals surface area contributed by atoms with Gasteiger partial charge in [-0.25, -0.2) is 0 Å². The van der Waals surface area contributed by atoms with Crippen LogP contribution in [-0.2, 0) is 4.79 Å². The van der Waals surface area contributed by atoms with Crippen molar-refractivity contribution in [3.05, 3.63) is 89.8 Å². The van der Waals surface area contributed by atoms with Crippen molar-refractivity contribution in [1.82, 2.24) is 10.3 Å². The molecule has 0 aliphatic carbocycles. The van der Waals surface area contributed by atoms with Crippen molar-refractivity contribution in [1.29, 1.82) is 0 Å². The molecule has 6 nitrogen and oxygen atoms in total. The second kappa shape index (κ2) is 9.06. The number of carbonyl (C=O) groups is 1. The first-order chi connectivity index (χ1) is 17.2. The molecular formula is C29H31N5OS. The normalized spacial score (nSPS) is 20.5. The number of nitrogens with one attached hydrogen (secondary N) is 2. The van der Waals surface area contributed by atoms with Crippen LogP contribution in [0.25, 0.3) is 5.57 Å². The van der Waals surface area contributed by atoms with E-state index in [1.54, 1.807) is 0 Å². The number of carbonyl (C=O) groups excluding carboxylic acids is 1. The Balaban J connectivity index is 1.61. The standard InChI is InChI=1S/C29H31N5OS/c1-18-17-29(3,4)33(5)25-14-9-20(16-23(18)25)27-26(24-8-6-7-15-30-24)32-28(36)34(27)22-12-10-21(11-13-22)31-19(2)35/h6-17,26-27H,1-5H3,(H,31,35)(H,32,36)/t26-,27-/m1/s1. The molecule has 7 heteroatoms. The number of hydrogen-bond acceptors (Lipinski definition) is 4. The van der Waals surface area contributed by atoms with Gasteiger partial charge in [0.15, 0.2) is 5.11 Å². The van der Waals surface area contributed by atoms with E-state index in [0.29, 0.717) is 5.11 Å². The highest BCUT2D eigenvalue weighted by Gasteiger charge is 2.41. The first-order valence-electron chi connectivity index (χ1n) is 12.1. The van der Waals surface area contributed by atoms with E-state index in [0.717, 1.165) is 22.6 Å². The fourth-order valence-corrected chi connectivity index (χ4v) is 5.59. The van der Waals surface area contributed by atoms with Crippen molar-refractivity contribution in [2.24, 2.45) is 0 Å². The number of benzene rings is 2. The molecule has 0 saturated carbocycles. The van der Waals surface area contributed by atoms with Gasteiger partial charge in [-0.3, -0.25) is 9.78 Å². The molecule has 2 aliphatic rings. The second-order valence-electron chi connectivity index (χ2n) is 10.0. The first-order valence-corrected chi connectivity index (χ1v) is 12.5. The number of nitrogens with zero attached hydrogens (tertiary/aromatic N) is 3. The van der Waals surface area contributed by atoms with Gasteiger partial charge in [-0.2, -0.15) is 0 Å². The fraction of sp³-hybridized carbons (Fsp3) is 0.276. The Morgan fingerprint density at radius 3 is 2.53 bits per heavy atom. The molecule has 184 valence electrons. The zero-order valence-corrected chi connectivity index (χ0v) is 22.1. The minimum Gasteiger partial charge on any atom is -0.366 e. The predicted molar refractivity (Wildman–Crippen MR) is 151 cm³/mol. The van der Waals surface area contributed by atoms with Crippen molar-refractivity contribution >= 4 is 45.9 Å². The third kappa shape index (κ3) is 4.24. The summed E-state index contributed by atoms with van der Waals surface area (Å²) >= 11 is 5.87. The SMILES string of the molecule is CC(=O)Nc1ccc(N2C(=S)N[C@H](c3ccccn3)[C@H]2c2ccc3c(c2)C(C)=CC(C)(C)N3C)cc1. The van der Waals surface area contributed by atoms with E-state index < -0.39 is 0 Å². The smallest absolute Gasteiger partial charge is 0.221 e. The summed E-state index contributed by atoms with van der Waals surface area (Å²) in [5.74, 6) is -0.0974. The number of hydrogen-bond donors (Lipinski definition) is 2. The molecule has 1 amide bonds. The van der Waals surface area contributed by atoms with E-state index in [1.165, 1.54) is 23.7 Å². The third-order valence-corrected chi connectivity index (χ3v) is 7.46. The maximum atomic E-state index is 11.5. The molecular weight excluding hydrogens is 466 g/mol. The van der Waals surface area contributed by atoms with E-state index in [2.05, 4.69) is 77.5 Å². The molecule has 0 bridgehead atoms. The third-order valence-electron chi connectivity index (χ3n) is 7.15. The molecule has 1 saturated heterocycles. The Bertz CT molecular complexity index is 1350. The lowest BCUT2D eigenvalue weighted by atomic mass is 9.86. The molecule has 0 radical (unpaired) electrons. The summed E-state index contributed by atoms with van der Waals surface area (Å²) in [4.78, 5) is 20.6. The Labute approximate surface area is 218 Å². The number of rotatable bonds is 4. The van der Waals surface area contributed by atoms with E-state index in [9.17, 15) is 4.79 Å². The van der Waals surface area contributed by atoms with Crippen LogP contribution in [0.3, 0.4) is 0 Å². The second-order valence-corrected chi connectivity index (χ2v) is 10.4. The topological polar surface area (TPSA) is 60.5 Å². The van der Waals surface area contributed by atoms with Crippen LogP contribution in [0.4, 0.5) is 17.1 Å². The predicted octanol–water partition coefficient (Wildman–Crippen LogP) is 5.85. The van der Waals surface area contributed by atoms with Gasteiger partial charge in [0.1, 0.15) is 0 Å². The van der Waals surface area contributed by atoms with Crippen LogP contribution in [-0.4, -0.2) is 28.6 Å². The van der Waals surface area contributed by atoms with Crippen molar-refractivity contribution in [2.45, 2.75) is 45.3 Å². The van der Waals surface area contributed by atoms with Crippen LogP contribution in [0, 0.1) is 0 Å². The van der Waals surface area contributed by atoms with Gasteiger partial charge in [0, 0.05) is 42.8 Å². The first kappa shape index (κ1) is 24.0. The summed E-state index contributed by atoms with van der Waals surface area (Å²) in [6.07, 6.45) is 4.14. The number of allylic oxidation sites excluding steroid dienone is 1. The van der Waals surface area contributed by atoms with Crippen molar-refractivity contribution in [3.63, 3.8) is 0 Å². The van der Waals surface area contributed by atoms with Crippen LogP contribution < -0.4 is 20.4 Å². The number of likely N-dealkylation sites (N-methyl/N-ethyl adjacent to an activating group) is 1. The van der Waals surface area contributed by atoms with Crippen LogP contribution in [0.15, 0.2) is 72.9 Å². The zero-order chi connectivity index (χ0) is 25.6. The average Bonchev–Trinajstić information content (AvgIpc) is 3.20. The number of thiocarbonyl (C=S) groups is 1. The fourth-order valence-electron chi connectivity index (χ4n) is 5.24. The molecule has 2 atom stereocenters. The maximum absolute atomic E-state index is 11.5. The minimum absolute atomic E-state index is 0.0484. The Hall–Kier alpha value is -3.71. The summed E-state index contributed by atoms with van der Waals surface area (Å²) in [5, 5.41) is 7.01. The molecule has 3 aromatic rings. The Morgan fingerprint density at radius 1 is 1.11 bits per heavy atom. The number of anilines is 3. The molecule has 0 spiro atoms. The van der Waals surface area contributed by atoms with E-state index in [-0.39, 0.29) is 23.5 Å². The van der Waals surface area contributed by atoms with Crippen LogP contribution >= 0.6 is 12.2 Å². The van der Waals surface area contributed by atoms with Gasteiger partial charge < -0.3 is 20.4 Å². The van der Waals surface area contributed by atoms with E-state index >= 15 is 0 Å². The summed E-state index contributed by atoms with van der Waals surface area (Å²) in [6.45, 7) is 8.15. The molecule has 2 aliphatic heterocycles. The highest BCUT2D eigenvalue weighted by molar-refractivity contribution is 7.80. The number of pyridine rings is 1. The lowest BCUT2D eigenvalue weighted by Crippen LogP contribution is -2.42. The monoisotopic (exact) mass is 497 g/mol. The number of amides is 1. The molecule has 0 unspecified atom stereocenters. The molecule has 1 aromatic heterocycles. The molecule has 2 aromatic carbocycles. The number of fused-ring (bicyclic) bond motifs is 1. The Morgan fingerprint density at radius 2 is 1.86 bits per heavy atom. The van der Waals surface area contributed by atoms with Gasteiger partial charge in [0.05, 0.1) is 23.3 Å². The minimum atomic E-state index is -0.117. The molecule has 3 heterocycles. The van der Waals surface area contributed by atoms with Crippen molar-refractivity contribution < 1.29 is 4.79 Å². The van der Waals surface area contributed by atoms with Crippen molar-refractivity contribution in [2.75, 3.05) is 22.2 Å². The molecule has 5 rings (SSSR count). The highest BCUT2D eigenvalue weighted by atomic mass is 32.1. The van der Waals surface area contributed by atoms with Crippen molar-refractivity contribution in [3.8, 4) is 0 Å². The van der Waals surface area contributed by atoms with Crippen LogP contribution in [0.2, 0.25) is 0 Å². The lowest BCUT2D eigenvalue weighted by Gasteiger charge is -2.41. The van der Waals surface area contributed by atoms with Gasteiger partial charge in [0.2, 0.25) is 5.91 Å². The molecule has 36 heavy (non-hydrogen) atoms. The zero-order valence-electron chi connectivity index (χ0n) is 21.2. The molecule has 1 fully saturated rings. The Kier molecular flexibility index (Phi) is 6.04. The lowest BCUT2D eigenvalue weighted by molar-refractivity contribution is -0.114. The van der Waals surface area contributed by atoms with E-state index in [1.807, 2.05) is 48.7 Å². The summed E-state index contributed by atoms with van der Waals surface area (Å²) in [7, 11) is 2.15. The quantitative estimate of drug-likeness (QED) is 0.441. The van der Waals surface area contributed by atoms with Gasteiger partial charge >= 0.3 is 0 Å². The summed E-state index contributed by atoms with van der Waals surface area (Å²) in [6, 6.07) is 20.3. The maximum Gasteiger partial charge on any atom is 0.221 e. The summed E-state index contributed by atoms with van der Waals surface area (Å²) in [5.41, 5.74) is 7.47. The van der Waals surface area contributed by atoms with Crippen LogP contribution in [0.5, 0.6) is 0 Å². The van der Waals surface area contributed by atoms with Gasteiger partial charge in [0.25, 0.3) is 0 Å². The van der Waals surface area contributed by atoms with Gasteiger partial charge in [-0.1, -0.05) is 18.2 Å². The van der Waals surface area contributed by atoms with Gasteiger partial charge in [-0.05, 0) is 92.7 Å². The van der Waals surface area contributed by atoms with E-state index in [4.69, 9.17) is 12.2 Å².